The first kappa shape index (κ1) is 15.4. The van der Waals surface area contributed by atoms with Crippen molar-refractivity contribution in [3.63, 3.8) is 0 Å². The first-order chi connectivity index (χ1) is 9.61. The Bertz CT molecular complexity index is 470. The first-order valence-corrected chi connectivity index (χ1v) is 7.38. The van der Waals surface area contributed by atoms with Crippen LogP contribution >= 0.6 is 12.6 Å². The highest BCUT2D eigenvalue weighted by Gasteiger charge is 2.24. The van der Waals surface area contributed by atoms with Crippen LogP contribution < -0.4 is 0 Å². The number of nitrogens with zero attached hydrogens (tertiary/aromatic N) is 1. The second-order valence-electron chi connectivity index (χ2n) is 5.09. The van der Waals surface area contributed by atoms with Crippen LogP contribution in [0.3, 0.4) is 0 Å². The zero-order valence-electron chi connectivity index (χ0n) is 11.7. The fourth-order valence-electron chi connectivity index (χ4n) is 2.46. The molecule has 0 spiro atoms. The molecule has 4 nitrogen and oxygen atoms in total. The third kappa shape index (κ3) is 3.75. The molecule has 0 bridgehead atoms. The molecule has 0 aliphatic carbocycles. The molecule has 0 atom stereocenters. The van der Waals surface area contributed by atoms with Gasteiger partial charge in [0.05, 0.1) is 19.3 Å². The molecule has 20 heavy (non-hydrogen) atoms. The zero-order valence-corrected chi connectivity index (χ0v) is 12.6. The molecular weight excluding hydrogens is 274 g/mol. The number of hydrogen-bond donors (Lipinski definition) is 2. The zero-order chi connectivity index (χ0) is 14.5. The van der Waals surface area contributed by atoms with Crippen molar-refractivity contribution in [3.05, 3.63) is 29.3 Å². The molecule has 2 rings (SSSR count). The minimum atomic E-state index is 0.0487. The average molecular weight is 295 g/mol. The minimum Gasteiger partial charge on any atom is -0.394 e. The van der Waals surface area contributed by atoms with Gasteiger partial charge in [0.2, 0.25) is 0 Å². The Balaban J connectivity index is 1.96. The second-order valence-corrected chi connectivity index (χ2v) is 5.60. The number of thiol groups is 1. The molecule has 1 amide bonds. The summed E-state index contributed by atoms with van der Waals surface area (Å²) in [6.45, 7) is 3.76. The third-order valence-electron chi connectivity index (χ3n) is 3.63. The van der Waals surface area contributed by atoms with Gasteiger partial charge in [-0.05, 0) is 37.5 Å². The summed E-state index contributed by atoms with van der Waals surface area (Å²) in [5, 5.41) is 8.75. The smallest absolute Gasteiger partial charge is 0.254 e. The van der Waals surface area contributed by atoms with Crippen LogP contribution in [0, 0.1) is 6.92 Å². The van der Waals surface area contributed by atoms with E-state index in [4.69, 9.17) is 9.84 Å². The van der Waals surface area contributed by atoms with Crippen molar-refractivity contribution in [3.8, 4) is 0 Å². The summed E-state index contributed by atoms with van der Waals surface area (Å²) in [5.41, 5.74) is 1.71. The van der Waals surface area contributed by atoms with E-state index < -0.39 is 0 Å². The number of aliphatic hydroxyl groups excluding tert-OH is 1. The molecule has 5 heteroatoms. The van der Waals surface area contributed by atoms with Gasteiger partial charge < -0.3 is 14.7 Å². The molecule has 1 heterocycles. The Morgan fingerprint density at radius 1 is 1.45 bits per heavy atom. The Kier molecular flexibility index (Phi) is 5.46. The molecule has 1 aromatic carbocycles. The Labute approximate surface area is 125 Å². The van der Waals surface area contributed by atoms with E-state index in [-0.39, 0.29) is 18.6 Å². The Morgan fingerprint density at radius 3 is 2.80 bits per heavy atom. The maximum Gasteiger partial charge on any atom is 0.254 e. The Hall–Kier alpha value is -1.04. The number of carbonyl (C=O) groups excluding carboxylic acids is 1. The molecule has 1 aromatic rings. The first-order valence-electron chi connectivity index (χ1n) is 6.93. The minimum absolute atomic E-state index is 0.0487. The lowest BCUT2D eigenvalue weighted by Gasteiger charge is -2.32. The van der Waals surface area contributed by atoms with Crippen LogP contribution in [0.5, 0.6) is 0 Å². The molecule has 110 valence electrons. The van der Waals surface area contributed by atoms with Gasteiger partial charge in [-0.1, -0.05) is 6.07 Å². The molecule has 0 aromatic heterocycles. The molecule has 1 fully saturated rings. The molecular formula is C15H21NO3S. The van der Waals surface area contributed by atoms with Gasteiger partial charge in [-0.3, -0.25) is 4.79 Å². The summed E-state index contributed by atoms with van der Waals surface area (Å²) in [6.07, 6.45) is 1.81. The van der Waals surface area contributed by atoms with E-state index >= 15 is 0 Å². The van der Waals surface area contributed by atoms with Crippen molar-refractivity contribution < 1.29 is 14.6 Å². The number of ether oxygens (including phenoxy) is 1. The van der Waals surface area contributed by atoms with Gasteiger partial charge in [0.25, 0.3) is 5.91 Å². The van der Waals surface area contributed by atoms with Crippen LogP contribution in [0.1, 0.15) is 28.8 Å². The lowest BCUT2D eigenvalue weighted by molar-refractivity contribution is -0.00555. The van der Waals surface area contributed by atoms with E-state index in [0.29, 0.717) is 19.7 Å². The second kappa shape index (κ2) is 7.11. The number of piperidine rings is 1. The van der Waals surface area contributed by atoms with Crippen LogP contribution in [0.15, 0.2) is 23.1 Å². The van der Waals surface area contributed by atoms with Crippen molar-refractivity contribution >= 4 is 18.5 Å². The molecule has 1 aliphatic heterocycles. The molecule has 1 saturated heterocycles. The van der Waals surface area contributed by atoms with Crippen molar-refractivity contribution in [2.75, 3.05) is 26.3 Å². The van der Waals surface area contributed by atoms with Crippen LogP contribution in [0.25, 0.3) is 0 Å². The maximum atomic E-state index is 12.5. The van der Waals surface area contributed by atoms with Gasteiger partial charge in [-0.2, -0.15) is 0 Å². The van der Waals surface area contributed by atoms with Gasteiger partial charge in [-0.15, -0.1) is 12.6 Å². The molecule has 0 saturated carbocycles. The number of aliphatic hydroxyl groups is 1. The summed E-state index contributed by atoms with van der Waals surface area (Å²) in [7, 11) is 0. The lowest BCUT2D eigenvalue weighted by atomic mass is 10.0. The van der Waals surface area contributed by atoms with Crippen LogP contribution in [-0.4, -0.2) is 48.3 Å². The molecule has 1 aliphatic rings. The predicted molar refractivity (Wildman–Crippen MR) is 80.4 cm³/mol. The normalized spacial score (nSPS) is 16.4. The lowest BCUT2D eigenvalue weighted by Crippen LogP contribution is -2.41. The quantitative estimate of drug-likeness (QED) is 0.834. The number of amides is 1. The van der Waals surface area contributed by atoms with Gasteiger partial charge in [0.15, 0.2) is 0 Å². The maximum absolute atomic E-state index is 12.5. The van der Waals surface area contributed by atoms with E-state index in [2.05, 4.69) is 12.6 Å². The number of aryl methyl sites for hydroxylation is 1. The van der Waals surface area contributed by atoms with Crippen molar-refractivity contribution in [2.45, 2.75) is 30.8 Å². The number of carbonyl (C=O) groups is 1. The van der Waals surface area contributed by atoms with E-state index in [1.807, 2.05) is 30.0 Å². The average Bonchev–Trinajstić information content (AvgIpc) is 2.47. The van der Waals surface area contributed by atoms with E-state index in [9.17, 15) is 4.79 Å². The number of rotatable bonds is 4. The van der Waals surface area contributed by atoms with Gasteiger partial charge >= 0.3 is 0 Å². The summed E-state index contributed by atoms with van der Waals surface area (Å²) >= 11 is 4.30. The summed E-state index contributed by atoms with van der Waals surface area (Å²) in [6, 6.07) is 5.64. The fraction of sp³-hybridized carbons (Fsp3) is 0.533. The number of likely N-dealkylation sites (tertiary alicyclic amines) is 1. The van der Waals surface area contributed by atoms with Crippen LogP contribution in [-0.2, 0) is 4.74 Å². The van der Waals surface area contributed by atoms with E-state index in [1.54, 1.807) is 0 Å². The third-order valence-corrected chi connectivity index (χ3v) is 3.90. The fourth-order valence-corrected chi connectivity index (χ4v) is 2.66. The number of benzene rings is 1. The van der Waals surface area contributed by atoms with Crippen LogP contribution in [0.4, 0.5) is 0 Å². The summed E-state index contributed by atoms with van der Waals surface area (Å²) in [4.78, 5) is 15.2. The Morgan fingerprint density at radius 2 is 2.15 bits per heavy atom. The van der Waals surface area contributed by atoms with Gasteiger partial charge in [-0.25, -0.2) is 0 Å². The highest BCUT2D eigenvalue weighted by molar-refractivity contribution is 7.80. The van der Waals surface area contributed by atoms with Crippen molar-refractivity contribution in [1.82, 2.24) is 4.90 Å². The molecule has 1 N–H and O–H groups in total. The topological polar surface area (TPSA) is 49.8 Å². The predicted octanol–water partition coefficient (Wildman–Crippen LogP) is 1.90. The summed E-state index contributed by atoms with van der Waals surface area (Å²) in [5.74, 6) is 0.0685. The summed E-state index contributed by atoms with van der Waals surface area (Å²) < 4.78 is 5.51. The monoisotopic (exact) mass is 295 g/mol. The SMILES string of the molecule is Cc1ccc(S)cc1C(=O)N1CCC(OCCO)CC1. The largest absolute Gasteiger partial charge is 0.394 e. The van der Waals surface area contributed by atoms with E-state index in [1.165, 1.54) is 0 Å². The van der Waals surface area contributed by atoms with E-state index in [0.717, 1.165) is 28.9 Å². The van der Waals surface area contributed by atoms with Crippen LogP contribution in [0.2, 0.25) is 0 Å². The van der Waals surface area contributed by atoms with Gasteiger partial charge in [0.1, 0.15) is 0 Å². The van der Waals surface area contributed by atoms with Crippen molar-refractivity contribution in [2.24, 2.45) is 0 Å². The standard InChI is InChI=1S/C15H21NO3S/c1-11-2-3-13(20)10-14(11)15(18)16-6-4-12(5-7-16)19-9-8-17/h2-3,10,12,17,20H,4-9H2,1H3. The highest BCUT2D eigenvalue weighted by atomic mass is 32.1. The molecule has 0 unspecified atom stereocenters. The molecule has 0 radical (unpaired) electrons. The van der Waals surface area contributed by atoms with Crippen molar-refractivity contribution in [1.29, 1.82) is 0 Å². The number of hydrogen-bond acceptors (Lipinski definition) is 4. The van der Waals surface area contributed by atoms with Gasteiger partial charge in [0, 0.05) is 23.5 Å². The highest BCUT2D eigenvalue weighted by Crippen LogP contribution is 2.20.